The van der Waals surface area contributed by atoms with Gasteiger partial charge in [0.15, 0.2) is 0 Å². The number of carbonyl (C=O) groups excluding carboxylic acids is 4. The third-order valence-electron chi connectivity index (χ3n) is 11.8. The van der Waals surface area contributed by atoms with Gasteiger partial charge in [-0.3, -0.25) is 9.59 Å². The molecule has 302 valence electrons. The van der Waals surface area contributed by atoms with Gasteiger partial charge in [-0.25, -0.2) is 19.6 Å². The second-order valence-corrected chi connectivity index (χ2v) is 16.1. The molecule has 2 aromatic heterocycles. The number of aromatic nitrogens is 4. The van der Waals surface area contributed by atoms with Crippen LogP contribution in [-0.4, -0.2) is 87.7 Å². The highest BCUT2D eigenvalue weighted by Gasteiger charge is 2.38. The molecule has 1 saturated heterocycles. The largest absolute Gasteiger partial charge is 0.453 e. The standard InChI is InChI=1S/C43H54N8O6/c1-23(2)35(49-42(54)56-5)40(52)47-31-10-7-9-30(31)38-45-32-19-17-28-21-27(16-18-29(28)37(32)48-38)25-12-14-26(15-13-25)33-22-44-39(46-33)34-11-8-20-51(34)41(53)36(24(3)4)50-43(55)57-6/h12-16,18,21-24,30-31,34-36H,7-11,17,19-20H2,1-6H3,(H,44,46)(H,45,48)(H,47,52)(H,49,54)(H,50,55)/t30?,31?,34-,35-,36-/m0/s1. The summed E-state index contributed by atoms with van der Waals surface area (Å²) in [6.45, 7) is 8.21. The van der Waals surface area contributed by atoms with Gasteiger partial charge in [0.2, 0.25) is 11.8 Å². The van der Waals surface area contributed by atoms with Gasteiger partial charge in [-0.15, -0.1) is 0 Å². The maximum Gasteiger partial charge on any atom is 0.407 e. The topological polar surface area (TPSA) is 183 Å². The molecule has 57 heavy (non-hydrogen) atoms. The van der Waals surface area contributed by atoms with E-state index in [1.54, 1.807) is 0 Å². The highest BCUT2D eigenvalue weighted by atomic mass is 16.5. The average Bonchev–Trinajstić information content (AvgIpc) is 4.04. The normalized spacial score (nSPS) is 19.8. The van der Waals surface area contributed by atoms with Crippen molar-refractivity contribution in [2.75, 3.05) is 20.8 Å². The second-order valence-electron chi connectivity index (χ2n) is 16.1. The molecule has 0 bridgehead atoms. The van der Waals surface area contributed by atoms with Crippen LogP contribution in [0.3, 0.4) is 0 Å². The van der Waals surface area contributed by atoms with Gasteiger partial charge in [0.1, 0.15) is 23.7 Å². The van der Waals surface area contributed by atoms with E-state index in [1.807, 2.05) is 38.8 Å². The van der Waals surface area contributed by atoms with Crippen molar-refractivity contribution in [1.29, 1.82) is 0 Å². The van der Waals surface area contributed by atoms with E-state index in [1.165, 1.54) is 19.8 Å². The fraction of sp³-hybridized carbons (Fsp3) is 0.488. The first-order chi connectivity index (χ1) is 27.4. The molecule has 0 radical (unpaired) electrons. The molecule has 7 rings (SSSR count). The Balaban J connectivity index is 1.03. The number of nitrogens with zero attached hydrogens (tertiary/aromatic N) is 3. The van der Waals surface area contributed by atoms with Gasteiger partial charge in [0, 0.05) is 24.1 Å². The fourth-order valence-corrected chi connectivity index (χ4v) is 8.63. The highest BCUT2D eigenvalue weighted by Crippen LogP contribution is 2.40. The monoisotopic (exact) mass is 778 g/mol. The molecule has 2 fully saturated rings. The number of likely N-dealkylation sites (tertiary alicyclic amines) is 1. The van der Waals surface area contributed by atoms with E-state index in [-0.39, 0.29) is 41.7 Å². The van der Waals surface area contributed by atoms with Crippen LogP contribution < -0.4 is 16.0 Å². The fourth-order valence-electron chi connectivity index (χ4n) is 8.63. The molecule has 2 aliphatic carbocycles. The van der Waals surface area contributed by atoms with Gasteiger partial charge in [-0.1, -0.05) is 76.6 Å². The van der Waals surface area contributed by atoms with Crippen LogP contribution in [0, 0.1) is 11.8 Å². The van der Waals surface area contributed by atoms with Crippen molar-refractivity contribution in [1.82, 2.24) is 40.8 Å². The molecule has 5 N–H and O–H groups in total. The molecule has 1 saturated carbocycles. The number of nitrogens with one attached hydrogen (secondary N) is 5. The molecule has 1 aliphatic heterocycles. The summed E-state index contributed by atoms with van der Waals surface area (Å²) >= 11 is 0. The lowest BCUT2D eigenvalue weighted by atomic mass is 9.89. The number of aromatic amines is 2. The molecule has 14 heteroatoms. The predicted molar refractivity (Wildman–Crippen MR) is 215 cm³/mol. The summed E-state index contributed by atoms with van der Waals surface area (Å²) in [5.74, 6) is 1.16. The Labute approximate surface area is 333 Å². The smallest absolute Gasteiger partial charge is 0.407 e. The minimum absolute atomic E-state index is 0.0600. The third-order valence-corrected chi connectivity index (χ3v) is 11.8. The Bertz CT molecular complexity index is 2110. The summed E-state index contributed by atoms with van der Waals surface area (Å²) in [6, 6.07) is 13.4. The van der Waals surface area contributed by atoms with Crippen molar-refractivity contribution < 1.29 is 28.7 Å². The third kappa shape index (κ3) is 8.26. The number of hydrogen-bond acceptors (Lipinski definition) is 8. The zero-order valence-corrected chi connectivity index (χ0v) is 33.6. The van der Waals surface area contributed by atoms with E-state index >= 15 is 0 Å². The number of carbonyl (C=O) groups is 4. The summed E-state index contributed by atoms with van der Waals surface area (Å²) in [7, 11) is 2.59. The number of fused-ring (bicyclic) bond motifs is 3. The number of aryl methyl sites for hydroxylation is 2. The molecular formula is C43H54N8O6. The first kappa shape index (κ1) is 39.6. The number of imidazole rings is 2. The SMILES string of the molecule is COC(=O)N[C@H](C(=O)NC1CCCC1c1nc2c([nH]1)-c1ccc(-c3ccc(-c4cnc([C@@H]5CCCN5C(=O)[C@@H](NC(=O)OC)C(C)C)[nH]4)cc3)cc1CC2)C(C)C. The van der Waals surface area contributed by atoms with Crippen LogP contribution in [-0.2, 0) is 31.9 Å². The highest BCUT2D eigenvalue weighted by molar-refractivity contribution is 5.87. The number of hydrogen-bond donors (Lipinski definition) is 5. The van der Waals surface area contributed by atoms with Crippen LogP contribution >= 0.6 is 0 Å². The average molecular weight is 779 g/mol. The second kappa shape index (κ2) is 16.8. The Kier molecular flexibility index (Phi) is 11.7. The Hall–Kier alpha value is -5.66. The van der Waals surface area contributed by atoms with Crippen LogP contribution in [0.1, 0.15) is 94.7 Å². The summed E-state index contributed by atoms with van der Waals surface area (Å²) in [5, 5.41) is 8.58. The van der Waals surface area contributed by atoms with Gasteiger partial charge in [-0.05, 0) is 72.6 Å². The number of rotatable bonds is 11. The van der Waals surface area contributed by atoms with E-state index in [4.69, 9.17) is 19.4 Å². The van der Waals surface area contributed by atoms with Gasteiger partial charge < -0.3 is 40.3 Å². The number of methoxy groups -OCH3 is 2. The van der Waals surface area contributed by atoms with Crippen LogP contribution in [0.15, 0.2) is 48.7 Å². The summed E-state index contributed by atoms with van der Waals surface area (Å²) < 4.78 is 9.51. The molecule has 3 aliphatic rings. The summed E-state index contributed by atoms with van der Waals surface area (Å²) in [5.41, 5.74) is 8.63. The zero-order chi connectivity index (χ0) is 40.4. The molecule has 4 aromatic rings. The van der Waals surface area contributed by atoms with Crippen molar-refractivity contribution in [2.24, 2.45) is 11.8 Å². The van der Waals surface area contributed by atoms with Crippen molar-refractivity contribution in [3.63, 3.8) is 0 Å². The lowest BCUT2D eigenvalue weighted by Gasteiger charge is -2.30. The van der Waals surface area contributed by atoms with Crippen molar-refractivity contribution in [2.45, 2.75) is 103 Å². The number of ether oxygens (including phenoxy) is 2. The molecular weight excluding hydrogens is 725 g/mol. The molecule has 3 heterocycles. The van der Waals surface area contributed by atoms with E-state index in [9.17, 15) is 19.2 Å². The Morgan fingerprint density at radius 3 is 2.18 bits per heavy atom. The number of alkyl carbamates (subject to hydrolysis) is 2. The molecule has 5 atom stereocenters. The van der Waals surface area contributed by atoms with E-state index < -0.39 is 24.3 Å². The number of benzene rings is 2. The van der Waals surface area contributed by atoms with Crippen LogP contribution in [0.25, 0.3) is 33.6 Å². The Morgan fingerprint density at radius 2 is 1.47 bits per heavy atom. The van der Waals surface area contributed by atoms with E-state index in [2.05, 4.69) is 68.4 Å². The maximum atomic E-state index is 13.6. The van der Waals surface area contributed by atoms with Crippen LogP contribution in [0.2, 0.25) is 0 Å². The van der Waals surface area contributed by atoms with Crippen LogP contribution in [0.4, 0.5) is 9.59 Å². The van der Waals surface area contributed by atoms with Crippen molar-refractivity contribution >= 4 is 24.0 Å². The summed E-state index contributed by atoms with van der Waals surface area (Å²) in [4.78, 5) is 69.4. The molecule has 14 nitrogen and oxygen atoms in total. The van der Waals surface area contributed by atoms with Crippen molar-refractivity contribution in [3.8, 4) is 33.6 Å². The van der Waals surface area contributed by atoms with Gasteiger partial charge in [0.05, 0.1) is 43.5 Å². The molecule has 4 amide bonds. The van der Waals surface area contributed by atoms with E-state index in [0.717, 1.165) is 95.9 Å². The van der Waals surface area contributed by atoms with Gasteiger partial charge >= 0.3 is 12.2 Å². The molecule has 0 spiro atoms. The summed E-state index contributed by atoms with van der Waals surface area (Å²) in [6.07, 6.45) is 6.68. The van der Waals surface area contributed by atoms with Crippen molar-refractivity contribution in [3.05, 3.63) is 71.6 Å². The van der Waals surface area contributed by atoms with Crippen LogP contribution in [0.5, 0.6) is 0 Å². The van der Waals surface area contributed by atoms with E-state index in [0.29, 0.717) is 6.54 Å². The number of H-pyrrole nitrogens is 2. The first-order valence-corrected chi connectivity index (χ1v) is 20.1. The Morgan fingerprint density at radius 1 is 0.789 bits per heavy atom. The zero-order valence-electron chi connectivity index (χ0n) is 33.6. The molecule has 2 aromatic carbocycles. The lowest BCUT2D eigenvalue weighted by molar-refractivity contribution is -0.135. The minimum Gasteiger partial charge on any atom is -0.453 e. The predicted octanol–water partition coefficient (Wildman–Crippen LogP) is 6.41. The van der Waals surface area contributed by atoms with Gasteiger partial charge in [0.25, 0.3) is 0 Å². The maximum absolute atomic E-state index is 13.6. The first-order valence-electron chi connectivity index (χ1n) is 20.1. The number of amides is 4. The minimum atomic E-state index is -0.686. The molecule has 2 unspecified atom stereocenters. The quantitative estimate of drug-likeness (QED) is 0.116. The van der Waals surface area contributed by atoms with Gasteiger partial charge in [-0.2, -0.15) is 0 Å². The lowest BCUT2D eigenvalue weighted by Crippen LogP contribution is -2.52.